The lowest BCUT2D eigenvalue weighted by molar-refractivity contribution is 0.585. The molecule has 0 atom stereocenters. The van der Waals surface area contributed by atoms with Crippen LogP contribution in [-0.4, -0.2) is 45.9 Å². The van der Waals surface area contributed by atoms with Gasteiger partial charge in [-0.1, -0.05) is 25.6 Å². The van der Waals surface area contributed by atoms with E-state index < -0.39 is 0 Å². The lowest BCUT2D eigenvalue weighted by Crippen LogP contribution is -2.43. The molecule has 0 radical (unpaired) electrons. The molecule has 168 valence electrons. The van der Waals surface area contributed by atoms with Crippen LogP contribution in [0.5, 0.6) is 0 Å². The number of fused-ring (bicyclic) bond motifs is 1. The summed E-state index contributed by atoms with van der Waals surface area (Å²) in [6.45, 7) is 10.3. The maximum absolute atomic E-state index is 4.88. The summed E-state index contributed by atoms with van der Waals surface area (Å²) in [4.78, 5) is 11.8. The topological polar surface area (TPSA) is 70.9 Å². The number of nitrogens with zero attached hydrogens (tertiary/aromatic N) is 5. The van der Waals surface area contributed by atoms with Crippen LogP contribution in [0.4, 0.5) is 11.6 Å². The number of hydrogen-bond acceptors (Lipinski definition) is 6. The first-order valence-corrected chi connectivity index (χ1v) is 11.4. The van der Waals surface area contributed by atoms with Crippen LogP contribution in [-0.2, 0) is 13.5 Å². The van der Waals surface area contributed by atoms with Gasteiger partial charge in [0.2, 0.25) is 0 Å². The van der Waals surface area contributed by atoms with Gasteiger partial charge < -0.3 is 15.5 Å². The quantitative estimate of drug-likeness (QED) is 0.472. The van der Waals surface area contributed by atoms with Crippen molar-refractivity contribution in [3.8, 4) is 11.1 Å². The first-order valence-electron chi connectivity index (χ1n) is 11.4. The molecule has 0 unspecified atom stereocenters. The minimum Gasteiger partial charge on any atom is -0.354 e. The molecule has 4 aromatic rings. The highest BCUT2D eigenvalue weighted by molar-refractivity contribution is 5.91. The summed E-state index contributed by atoms with van der Waals surface area (Å²) in [6.07, 6.45) is 6.63. The third kappa shape index (κ3) is 4.45. The minimum absolute atomic E-state index is 0.799. The number of pyridine rings is 2. The fourth-order valence-corrected chi connectivity index (χ4v) is 4.31. The normalized spacial score (nSPS) is 13.9. The number of hydrogen-bond donors (Lipinski definition) is 2. The van der Waals surface area contributed by atoms with E-state index >= 15 is 0 Å². The molecule has 1 aliphatic heterocycles. The highest BCUT2D eigenvalue weighted by atomic mass is 15.2. The number of benzene rings is 1. The van der Waals surface area contributed by atoms with Gasteiger partial charge in [0.1, 0.15) is 11.6 Å². The average molecular weight is 440 g/mol. The third-order valence-electron chi connectivity index (χ3n) is 6.10. The Kier molecular flexibility index (Phi) is 5.79. The number of piperazine rings is 1. The van der Waals surface area contributed by atoms with Gasteiger partial charge in [-0.15, -0.1) is 0 Å². The zero-order valence-corrected chi connectivity index (χ0v) is 19.2. The van der Waals surface area contributed by atoms with E-state index in [0.29, 0.717) is 0 Å². The number of aryl methyl sites for hydroxylation is 2. The molecule has 1 aromatic carbocycles. The van der Waals surface area contributed by atoms with E-state index in [4.69, 9.17) is 4.98 Å². The van der Waals surface area contributed by atoms with Gasteiger partial charge in [0.05, 0.1) is 11.9 Å². The average Bonchev–Trinajstić information content (AvgIpc) is 3.30. The van der Waals surface area contributed by atoms with Crippen molar-refractivity contribution in [2.75, 3.05) is 36.4 Å². The van der Waals surface area contributed by atoms with Crippen molar-refractivity contribution < 1.29 is 0 Å². The monoisotopic (exact) mass is 439 g/mol. The van der Waals surface area contributed by atoms with E-state index in [1.165, 1.54) is 5.39 Å². The Labute approximate surface area is 194 Å². The molecule has 5 rings (SSSR count). The van der Waals surface area contributed by atoms with Crippen LogP contribution in [0.15, 0.2) is 61.6 Å². The number of nitrogens with one attached hydrogen (secondary N) is 2. The van der Waals surface area contributed by atoms with Gasteiger partial charge in [0.15, 0.2) is 0 Å². The second-order valence-corrected chi connectivity index (χ2v) is 8.39. The molecular weight excluding hydrogens is 410 g/mol. The Balaban J connectivity index is 1.43. The summed E-state index contributed by atoms with van der Waals surface area (Å²) < 4.78 is 1.82. The summed E-state index contributed by atoms with van der Waals surface area (Å²) in [5.74, 6) is 1.78. The van der Waals surface area contributed by atoms with Gasteiger partial charge in [0.25, 0.3) is 0 Å². The summed E-state index contributed by atoms with van der Waals surface area (Å²) in [5.41, 5.74) is 5.14. The van der Waals surface area contributed by atoms with Gasteiger partial charge in [-0.25, -0.2) is 9.97 Å². The SMILES string of the molecule is C=C(Nc1cc2cc(-c3cnn(C)c3)ccc2c(CC)n1)c1ccnc(N2CCNCC2)c1. The second kappa shape index (κ2) is 9.03. The Bertz CT molecular complexity index is 1300. The van der Waals surface area contributed by atoms with Gasteiger partial charge in [-0.3, -0.25) is 4.68 Å². The number of rotatable bonds is 6. The first kappa shape index (κ1) is 21.2. The van der Waals surface area contributed by atoms with Crippen molar-refractivity contribution >= 4 is 28.1 Å². The zero-order chi connectivity index (χ0) is 22.8. The lowest BCUT2D eigenvalue weighted by atomic mass is 10.0. The molecule has 0 saturated carbocycles. The van der Waals surface area contributed by atoms with Crippen LogP contribution in [0.1, 0.15) is 18.2 Å². The summed E-state index contributed by atoms with van der Waals surface area (Å²) in [6, 6.07) is 12.7. The van der Waals surface area contributed by atoms with Crippen LogP contribution in [0.2, 0.25) is 0 Å². The molecule has 7 heteroatoms. The molecule has 0 bridgehead atoms. The summed E-state index contributed by atoms with van der Waals surface area (Å²) >= 11 is 0. The van der Waals surface area contributed by atoms with E-state index in [1.807, 2.05) is 36.4 Å². The molecule has 1 aliphatic rings. The number of anilines is 2. The summed E-state index contributed by atoms with van der Waals surface area (Å²) in [5, 5.41) is 13.4. The first-order chi connectivity index (χ1) is 16.1. The molecular formula is C26H29N7. The molecule has 0 aliphatic carbocycles. The van der Waals surface area contributed by atoms with E-state index in [9.17, 15) is 0 Å². The van der Waals surface area contributed by atoms with Crippen LogP contribution in [0.3, 0.4) is 0 Å². The Morgan fingerprint density at radius 2 is 1.97 bits per heavy atom. The molecule has 0 spiro atoms. The lowest BCUT2D eigenvalue weighted by Gasteiger charge is -2.28. The maximum atomic E-state index is 4.88. The van der Waals surface area contributed by atoms with Crippen molar-refractivity contribution in [1.82, 2.24) is 25.1 Å². The van der Waals surface area contributed by atoms with E-state index in [1.54, 1.807) is 0 Å². The van der Waals surface area contributed by atoms with Gasteiger partial charge in [-0.2, -0.15) is 5.10 Å². The van der Waals surface area contributed by atoms with Crippen LogP contribution < -0.4 is 15.5 Å². The van der Waals surface area contributed by atoms with Crippen LogP contribution in [0, 0.1) is 0 Å². The van der Waals surface area contributed by atoms with E-state index in [-0.39, 0.29) is 0 Å². The molecule has 33 heavy (non-hydrogen) atoms. The Morgan fingerprint density at radius 1 is 1.12 bits per heavy atom. The number of aromatic nitrogens is 4. The fourth-order valence-electron chi connectivity index (χ4n) is 4.31. The molecule has 4 heterocycles. The third-order valence-corrected chi connectivity index (χ3v) is 6.10. The molecule has 7 nitrogen and oxygen atoms in total. The largest absolute Gasteiger partial charge is 0.354 e. The van der Waals surface area contributed by atoms with E-state index in [0.717, 1.165) is 77.7 Å². The molecule has 1 fully saturated rings. The van der Waals surface area contributed by atoms with Crippen molar-refractivity contribution in [2.45, 2.75) is 13.3 Å². The highest BCUT2D eigenvalue weighted by Crippen LogP contribution is 2.29. The molecule has 1 saturated heterocycles. The maximum Gasteiger partial charge on any atom is 0.131 e. The second-order valence-electron chi connectivity index (χ2n) is 8.39. The molecule has 0 amide bonds. The van der Waals surface area contributed by atoms with Crippen molar-refractivity contribution in [3.05, 3.63) is 72.8 Å². The van der Waals surface area contributed by atoms with Crippen LogP contribution >= 0.6 is 0 Å². The van der Waals surface area contributed by atoms with Gasteiger partial charge >= 0.3 is 0 Å². The van der Waals surface area contributed by atoms with Gasteiger partial charge in [0, 0.05) is 67.8 Å². The smallest absolute Gasteiger partial charge is 0.131 e. The fraction of sp³-hybridized carbons (Fsp3) is 0.269. The van der Waals surface area contributed by atoms with Crippen LogP contribution in [0.25, 0.3) is 27.6 Å². The van der Waals surface area contributed by atoms with Crippen molar-refractivity contribution in [1.29, 1.82) is 0 Å². The Morgan fingerprint density at radius 3 is 2.73 bits per heavy atom. The summed E-state index contributed by atoms with van der Waals surface area (Å²) in [7, 11) is 1.93. The van der Waals surface area contributed by atoms with Crippen molar-refractivity contribution in [2.24, 2.45) is 7.05 Å². The van der Waals surface area contributed by atoms with E-state index in [2.05, 4.69) is 69.5 Å². The Hall–Kier alpha value is -3.71. The molecule has 2 N–H and O–H groups in total. The van der Waals surface area contributed by atoms with Crippen molar-refractivity contribution in [3.63, 3.8) is 0 Å². The minimum atomic E-state index is 0.799. The standard InChI is InChI=1S/C26H29N7/c1-4-24-23-6-5-20(22-16-29-32(3)17-22)13-21(23)14-25(31-24)30-18(2)19-7-8-28-26(15-19)33-11-9-27-10-12-33/h5-8,13-17,27H,2,4,9-12H2,1,3H3,(H,30,31). The molecule has 3 aromatic heterocycles. The van der Waals surface area contributed by atoms with Gasteiger partial charge in [-0.05, 0) is 41.6 Å². The highest BCUT2D eigenvalue weighted by Gasteiger charge is 2.13. The predicted octanol–water partition coefficient (Wildman–Crippen LogP) is 4.09. The zero-order valence-electron chi connectivity index (χ0n) is 19.2. The predicted molar refractivity (Wildman–Crippen MR) is 135 cm³/mol.